The van der Waals surface area contributed by atoms with E-state index in [-0.39, 0.29) is 34.2 Å². The molecule has 0 aliphatic heterocycles. The maximum Gasteiger partial charge on any atom is 0.389 e. The first-order valence-electron chi connectivity index (χ1n) is 12.1. The van der Waals surface area contributed by atoms with Crippen molar-refractivity contribution in [2.75, 3.05) is 0 Å². The lowest BCUT2D eigenvalue weighted by molar-refractivity contribution is -0.135. The first-order valence-corrected chi connectivity index (χ1v) is 13.7. The molecule has 0 bridgehead atoms. The van der Waals surface area contributed by atoms with Crippen LogP contribution in [0.3, 0.4) is 0 Å². The van der Waals surface area contributed by atoms with Gasteiger partial charge in [0.15, 0.2) is 5.01 Å². The Bertz CT molecular complexity index is 1290. The van der Waals surface area contributed by atoms with Gasteiger partial charge in [-0.05, 0) is 44.7 Å². The van der Waals surface area contributed by atoms with Gasteiger partial charge < -0.3 is 15.7 Å². The number of alkyl halides is 3. The fraction of sp³-hybridized carbons (Fsp3) is 0.400. The fourth-order valence-corrected chi connectivity index (χ4v) is 5.14. The molecule has 0 saturated carbocycles. The van der Waals surface area contributed by atoms with Gasteiger partial charge in [-0.3, -0.25) is 14.4 Å². The van der Waals surface area contributed by atoms with Gasteiger partial charge in [0.25, 0.3) is 5.91 Å². The van der Waals surface area contributed by atoms with Gasteiger partial charge >= 0.3 is 6.18 Å². The van der Waals surface area contributed by atoms with Gasteiger partial charge in [-0.1, -0.05) is 6.07 Å². The smallest absolute Gasteiger partial charge is 0.389 e. The topological polar surface area (TPSA) is 121 Å². The Morgan fingerprint density at radius 2 is 1.73 bits per heavy atom. The van der Waals surface area contributed by atoms with Crippen molar-refractivity contribution in [1.29, 1.82) is 0 Å². The van der Waals surface area contributed by atoms with Crippen LogP contribution in [-0.4, -0.2) is 57.0 Å². The van der Waals surface area contributed by atoms with E-state index in [1.807, 2.05) is 0 Å². The molecule has 0 aliphatic rings. The molecule has 0 aliphatic carbocycles. The van der Waals surface area contributed by atoms with Crippen LogP contribution in [0, 0.1) is 11.6 Å². The lowest BCUT2D eigenvalue weighted by Gasteiger charge is -2.23. The van der Waals surface area contributed by atoms with E-state index in [1.54, 1.807) is 0 Å². The summed E-state index contributed by atoms with van der Waals surface area (Å²) in [7, 11) is 0. The minimum Gasteiger partial charge on any atom is -0.393 e. The minimum atomic E-state index is -4.45. The molecule has 15 heteroatoms. The SMILES string of the molecule is CC(O)CC[C@H](NC(=O)c1cnc(-c2c(F)cccc2F)s1)C(=O)N[C@@H](CCCC(F)(F)F)C(=O)c1nccs1. The number of hydrogen-bond acceptors (Lipinski definition) is 8. The van der Waals surface area contributed by atoms with E-state index < -0.39 is 72.0 Å². The van der Waals surface area contributed by atoms with E-state index in [2.05, 4.69) is 20.6 Å². The normalized spacial score (nSPS) is 13.9. The maximum absolute atomic E-state index is 14.1. The number of amides is 2. The number of rotatable bonds is 13. The van der Waals surface area contributed by atoms with Crippen molar-refractivity contribution in [3.8, 4) is 10.6 Å². The summed E-state index contributed by atoms with van der Waals surface area (Å²) < 4.78 is 66.4. The quantitative estimate of drug-likeness (QED) is 0.189. The van der Waals surface area contributed by atoms with Crippen molar-refractivity contribution in [3.63, 3.8) is 0 Å². The third-order valence-corrected chi connectivity index (χ3v) is 7.43. The molecular formula is C25H25F5N4O4S2. The van der Waals surface area contributed by atoms with Crippen molar-refractivity contribution in [2.45, 2.75) is 63.4 Å². The molecule has 1 unspecified atom stereocenters. The van der Waals surface area contributed by atoms with Gasteiger partial charge in [-0.15, -0.1) is 22.7 Å². The van der Waals surface area contributed by atoms with Gasteiger partial charge in [-0.25, -0.2) is 18.7 Å². The van der Waals surface area contributed by atoms with Crippen LogP contribution in [0.4, 0.5) is 22.0 Å². The predicted molar refractivity (Wildman–Crippen MR) is 138 cm³/mol. The van der Waals surface area contributed by atoms with Crippen LogP contribution >= 0.6 is 22.7 Å². The fourth-order valence-electron chi connectivity index (χ4n) is 3.64. The summed E-state index contributed by atoms with van der Waals surface area (Å²) in [4.78, 5) is 46.7. The average molecular weight is 605 g/mol. The van der Waals surface area contributed by atoms with E-state index in [0.29, 0.717) is 11.3 Å². The highest BCUT2D eigenvalue weighted by Gasteiger charge is 2.32. The van der Waals surface area contributed by atoms with Gasteiger partial charge in [0.1, 0.15) is 27.6 Å². The van der Waals surface area contributed by atoms with Crippen LogP contribution < -0.4 is 10.6 Å². The van der Waals surface area contributed by atoms with Crippen molar-refractivity contribution in [1.82, 2.24) is 20.6 Å². The molecule has 0 saturated heterocycles. The van der Waals surface area contributed by atoms with E-state index in [9.17, 15) is 41.4 Å². The molecule has 216 valence electrons. The number of carbonyl (C=O) groups is 3. The van der Waals surface area contributed by atoms with Gasteiger partial charge in [-0.2, -0.15) is 13.2 Å². The Balaban J connectivity index is 1.77. The van der Waals surface area contributed by atoms with Gasteiger partial charge in [0.2, 0.25) is 11.7 Å². The molecular weight excluding hydrogens is 579 g/mol. The summed E-state index contributed by atoms with van der Waals surface area (Å²) >= 11 is 1.64. The second-order valence-corrected chi connectivity index (χ2v) is 10.8. The lowest BCUT2D eigenvalue weighted by Crippen LogP contribution is -2.51. The van der Waals surface area contributed by atoms with E-state index in [4.69, 9.17) is 0 Å². The number of aliphatic hydroxyl groups excluding tert-OH is 1. The second-order valence-electron chi connectivity index (χ2n) is 8.85. The van der Waals surface area contributed by atoms with Crippen LogP contribution in [0.2, 0.25) is 0 Å². The molecule has 0 radical (unpaired) electrons. The number of ketones is 1. The molecule has 2 heterocycles. The third kappa shape index (κ3) is 8.86. The molecule has 2 amide bonds. The lowest BCUT2D eigenvalue weighted by atomic mass is 10.0. The van der Waals surface area contributed by atoms with E-state index in [0.717, 1.165) is 29.7 Å². The van der Waals surface area contributed by atoms with E-state index in [1.165, 1.54) is 24.6 Å². The number of halogens is 5. The summed E-state index contributed by atoms with van der Waals surface area (Å²) in [5.74, 6) is -4.11. The monoisotopic (exact) mass is 604 g/mol. The van der Waals surface area contributed by atoms with Gasteiger partial charge in [0.05, 0.1) is 23.9 Å². The largest absolute Gasteiger partial charge is 0.393 e. The van der Waals surface area contributed by atoms with Crippen LogP contribution in [0.1, 0.15) is 58.5 Å². The van der Waals surface area contributed by atoms with Crippen molar-refractivity contribution >= 4 is 40.3 Å². The van der Waals surface area contributed by atoms with Crippen LogP contribution in [0.25, 0.3) is 10.6 Å². The number of thiazole rings is 2. The standard InChI is InChI=1S/C25H25F5N4O4S2/c1-13(35)7-8-17(34-22(38)18-12-32-23(40-18)19-14(26)4-2-5-15(19)27)21(37)33-16(6-3-9-25(28,29)30)20(36)24-31-10-11-39-24/h2,4-5,10-13,16-17,35H,3,6-9H2,1H3,(H,33,37)(H,34,38)/t13?,16-,17-/m0/s1. The number of aliphatic hydroxyl groups is 1. The number of nitrogens with one attached hydrogen (secondary N) is 2. The van der Waals surface area contributed by atoms with Crippen molar-refractivity contribution in [3.05, 3.63) is 57.5 Å². The number of carbonyl (C=O) groups excluding carboxylic acids is 3. The highest BCUT2D eigenvalue weighted by Crippen LogP contribution is 2.30. The van der Waals surface area contributed by atoms with Crippen LogP contribution in [-0.2, 0) is 4.79 Å². The molecule has 0 spiro atoms. The zero-order valence-corrected chi connectivity index (χ0v) is 22.6. The Morgan fingerprint density at radius 3 is 2.33 bits per heavy atom. The second kappa shape index (κ2) is 13.9. The zero-order chi connectivity index (χ0) is 29.4. The third-order valence-electron chi connectivity index (χ3n) is 5.63. The highest BCUT2D eigenvalue weighted by molar-refractivity contribution is 7.16. The van der Waals surface area contributed by atoms with Crippen LogP contribution in [0.15, 0.2) is 36.0 Å². The number of aromatic nitrogens is 2. The number of nitrogens with zero attached hydrogens (tertiary/aromatic N) is 2. The Morgan fingerprint density at radius 1 is 1.02 bits per heavy atom. The van der Waals surface area contributed by atoms with Crippen molar-refractivity contribution in [2.24, 2.45) is 0 Å². The molecule has 0 fully saturated rings. The Labute approximate surface area is 233 Å². The first-order chi connectivity index (χ1) is 18.9. The first kappa shape index (κ1) is 31.2. The summed E-state index contributed by atoms with van der Waals surface area (Å²) in [6, 6.07) is 0.608. The highest BCUT2D eigenvalue weighted by atomic mass is 32.1. The molecule has 3 rings (SSSR count). The van der Waals surface area contributed by atoms with E-state index >= 15 is 0 Å². The number of hydrogen-bond donors (Lipinski definition) is 3. The Hall–Kier alpha value is -3.30. The summed E-state index contributed by atoms with van der Waals surface area (Å²) in [6.07, 6.45) is -4.83. The molecule has 3 atom stereocenters. The molecule has 2 aromatic heterocycles. The number of Topliss-reactive ketones (excluding diaryl/α,β-unsaturated/α-hetero) is 1. The zero-order valence-electron chi connectivity index (χ0n) is 21.0. The number of benzene rings is 1. The molecule has 1 aromatic carbocycles. The molecule has 3 aromatic rings. The predicted octanol–water partition coefficient (Wildman–Crippen LogP) is 4.90. The minimum absolute atomic E-state index is 0.000518. The molecule has 3 N–H and O–H groups in total. The van der Waals surface area contributed by atoms with Crippen LogP contribution in [0.5, 0.6) is 0 Å². The Kier molecular flexibility index (Phi) is 10.8. The summed E-state index contributed by atoms with van der Waals surface area (Å²) in [5.41, 5.74) is -0.419. The summed E-state index contributed by atoms with van der Waals surface area (Å²) in [6.45, 7) is 1.46. The maximum atomic E-state index is 14.1. The summed E-state index contributed by atoms with van der Waals surface area (Å²) in [5, 5.41) is 16.0. The molecule has 8 nitrogen and oxygen atoms in total. The molecule has 40 heavy (non-hydrogen) atoms. The van der Waals surface area contributed by atoms with Crippen molar-refractivity contribution < 1.29 is 41.4 Å². The van der Waals surface area contributed by atoms with Gasteiger partial charge in [0, 0.05) is 18.0 Å². The average Bonchev–Trinajstić information content (AvgIpc) is 3.57.